The first-order valence-corrected chi connectivity index (χ1v) is 5.91. The molecule has 0 saturated heterocycles. The molecule has 0 unspecified atom stereocenters. The van der Waals surface area contributed by atoms with Crippen molar-refractivity contribution in [3.05, 3.63) is 47.7 Å². The van der Waals surface area contributed by atoms with E-state index in [1.54, 1.807) is 0 Å². The highest BCUT2D eigenvalue weighted by Gasteiger charge is 2.29. The number of carboxylic acid groups (broad SMARTS) is 1. The van der Waals surface area contributed by atoms with Gasteiger partial charge >= 0.3 is 12.1 Å². The molecule has 0 radical (unpaired) electrons. The van der Waals surface area contributed by atoms with E-state index in [1.165, 1.54) is 24.4 Å². The Morgan fingerprint density at radius 2 is 1.81 bits per heavy atom. The molecule has 2 aromatic rings. The molecule has 1 aromatic heterocycles. The molecule has 4 nitrogen and oxygen atoms in total. The maximum Gasteiger partial charge on any atom is 0.416 e. The van der Waals surface area contributed by atoms with Crippen molar-refractivity contribution in [2.24, 2.45) is 0 Å². The largest absolute Gasteiger partial charge is 0.481 e. The standard InChI is InChI=1S/C14H11F3N2O2/c15-14(16,17)11-3-1-8(2-4-11)10-5-9(6-12(20)21)13(18)19-7-10/h1-5,7H,6H2,(H2,18,19)(H,20,21). The SMILES string of the molecule is Nc1ncc(-c2ccc(C(F)(F)F)cc2)cc1CC(=O)O. The number of carbonyl (C=O) groups is 1. The number of halogens is 3. The first-order chi connectivity index (χ1) is 9.77. The first kappa shape index (κ1) is 14.8. The minimum Gasteiger partial charge on any atom is -0.481 e. The van der Waals surface area contributed by atoms with Crippen molar-refractivity contribution >= 4 is 11.8 Å². The number of pyridine rings is 1. The van der Waals surface area contributed by atoms with E-state index in [9.17, 15) is 18.0 Å². The van der Waals surface area contributed by atoms with E-state index in [1.807, 2.05) is 0 Å². The minimum atomic E-state index is -4.40. The van der Waals surface area contributed by atoms with Crippen LogP contribution in [0.3, 0.4) is 0 Å². The van der Waals surface area contributed by atoms with Crippen molar-refractivity contribution in [3.8, 4) is 11.1 Å². The summed E-state index contributed by atoms with van der Waals surface area (Å²) in [6.07, 6.45) is -3.30. The Labute approximate surface area is 118 Å². The van der Waals surface area contributed by atoms with Crippen LogP contribution in [0, 0.1) is 0 Å². The highest BCUT2D eigenvalue weighted by molar-refractivity contribution is 5.74. The molecule has 0 atom stereocenters. The predicted octanol–water partition coefficient (Wildman–Crippen LogP) is 2.98. The summed E-state index contributed by atoms with van der Waals surface area (Å²) in [7, 11) is 0. The number of alkyl halides is 3. The number of nitrogens with two attached hydrogens (primary N) is 1. The van der Waals surface area contributed by atoms with Gasteiger partial charge in [0.1, 0.15) is 5.82 Å². The molecule has 1 heterocycles. The molecule has 7 heteroatoms. The Balaban J connectivity index is 2.36. The van der Waals surface area contributed by atoms with Gasteiger partial charge in [-0.05, 0) is 23.8 Å². The van der Waals surface area contributed by atoms with Crippen LogP contribution in [-0.2, 0) is 17.4 Å². The topological polar surface area (TPSA) is 76.2 Å². The van der Waals surface area contributed by atoms with Gasteiger partial charge in [-0.1, -0.05) is 12.1 Å². The zero-order valence-corrected chi connectivity index (χ0v) is 10.7. The number of hydrogen-bond donors (Lipinski definition) is 2. The summed E-state index contributed by atoms with van der Waals surface area (Å²) in [6.45, 7) is 0. The Morgan fingerprint density at radius 3 is 2.33 bits per heavy atom. The fraction of sp³-hybridized carbons (Fsp3) is 0.143. The monoisotopic (exact) mass is 296 g/mol. The number of carboxylic acids is 1. The lowest BCUT2D eigenvalue weighted by atomic mass is 10.0. The van der Waals surface area contributed by atoms with Crippen molar-refractivity contribution in [2.75, 3.05) is 5.73 Å². The quantitative estimate of drug-likeness (QED) is 0.913. The summed E-state index contributed by atoms with van der Waals surface area (Å²) in [4.78, 5) is 14.6. The lowest BCUT2D eigenvalue weighted by Gasteiger charge is -2.09. The molecule has 21 heavy (non-hydrogen) atoms. The number of benzene rings is 1. The van der Waals surface area contributed by atoms with E-state index in [0.717, 1.165) is 12.1 Å². The van der Waals surface area contributed by atoms with Gasteiger partial charge in [0.25, 0.3) is 0 Å². The maximum absolute atomic E-state index is 12.5. The van der Waals surface area contributed by atoms with E-state index < -0.39 is 17.7 Å². The second-order valence-electron chi connectivity index (χ2n) is 4.41. The molecule has 0 fully saturated rings. The van der Waals surface area contributed by atoms with Gasteiger partial charge in [-0.2, -0.15) is 13.2 Å². The van der Waals surface area contributed by atoms with Crippen molar-refractivity contribution < 1.29 is 23.1 Å². The summed E-state index contributed by atoms with van der Waals surface area (Å²) in [5, 5.41) is 8.77. The van der Waals surface area contributed by atoms with Crippen LogP contribution in [0.25, 0.3) is 11.1 Å². The molecular formula is C14H11F3N2O2. The van der Waals surface area contributed by atoms with Gasteiger partial charge in [0.05, 0.1) is 12.0 Å². The summed E-state index contributed by atoms with van der Waals surface area (Å²) >= 11 is 0. The van der Waals surface area contributed by atoms with Crippen LogP contribution < -0.4 is 5.73 Å². The highest BCUT2D eigenvalue weighted by Crippen LogP contribution is 2.31. The number of nitrogen functional groups attached to an aromatic ring is 1. The number of nitrogens with zero attached hydrogens (tertiary/aromatic N) is 1. The van der Waals surface area contributed by atoms with Crippen molar-refractivity contribution in [2.45, 2.75) is 12.6 Å². The molecule has 0 spiro atoms. The fourth-order valence-electron chi connectivity index (χ4n) is 1.83. The van der Waals surface area contributed by atoms with Gasteiger partial charge < -0.3 is 10.8 Å². The Morgan fingerprint density at radius 1 is 1.19 bits per heavy atom. The number of anilines is 1. The second kappa shape index (κ2) is 5.43. The number of aliphatic carboxylic acids is 1. The van der Waals surface area contributed by atoms with E-state index in [0.29, 0.717) is 16.7 Å². The minimum absolute atomic E-state index is 0.0908. The van der Waals surface area contributed by atoms with Gasteiger partial charge in [-0.3, -0.25) is 4.79 Å². The number of hydrogen-bond acceptors (Lipinski definition) is 3. The highest BCUT2D eigenvalue weighted by atomic mass is 19.4. The third-order valence-corrected chi connectivity index (χ3v) is 2.89. The maximum atomic E-state index is 12.5. The average molecular weight is 296 g/mol. The van der Waals surface area contributed by atoms with E-state index in [2.05, 4.69) is 4.98 Å². The summed E-state index contributed by atoms with van der Waals surface area (Å²) in [5.41, 5.74) is 6.15. The van der Waals surface area contributed by atoms with E-state index >= 15 is 0 Å². The molecule has 0 amide bonds. The zero-order chi connectivity index (χ0) is 15.6. The Bertz CT molecular complexity index is 667. The van der Waals surface area contributed by atoms with Crippen LogP contribution in [0.2, 0.25) is 0 Å². The van der Waals surface area contributed by atoms with E-state index in [4.69, 9.17) is 10.8 Å². The van der Waals surface area contributed by atoms with Crippen LogP contribution in [0.15, 0.2) is 36.5 Å². The third-order valence-electron chi connectivity index (χ3n) is 2.89. The number of aromatic nitrogens is 1. The van der Waals surface area contributed by atoms with Crippen LogP contribution in [-0.4, -0.2) is 16.1 Å². The molecule has 2 rings (SSSR count). The van der Waals surface area contributed by atoms with Crippen molar-refractivity contribution in [3.63, 3.8) is 0 Å². The average Bonchev–Trinajstić information content (AvgIpc) is 2.40. The van der Waals surface area contributed by atoms with Gasteiger partial charge in [0.15, 0.2) is 0 Å². The lowest BCUT2D eigenvalue weighted by molar-refractivity contribution is -0.138. The molecule has 110 valence electrons. The Kier molecular flexibility index (Phi) is 3.84. The molecule has 0 bridgehead atoms. The van der Waals surface area contributed by atoms with Gasteiger partial charge in [-0.25, -0.2) is 4.98 Å². The van der Waals surface area contributed by atoms with Gasteiger partial charge in [0.2, 0.25) is 0 Å². The zero-order valence-electron chi connectivity index (χ0n) is 10.7. The molecule has 1 aromatic carbocycles. The molecule has 0 aliphatic rings. The van der Waals surface area contributed by atoms with Crippen LogP contribution in [0.4, 0.5) is 19.0 Å². The normalized spacial score (nSPS) is 11.4. The molecule has 0 saturated carbocycles. The van der Waals surface area contributed by atoms with Crippen LogP contribution >= 0.6 is 0 Å². The second-order valence-corrected chi connectivity index (χ2v) is 4.41. The molecule has 0 aliphatic carbocycles. The van der Waals surface area contributed by atoms with Crippen molar-refractivity contribution in [1.29, 1.82) is 0 Å². The van der Waals surface area contributed by atoms with Crippen molar-refractivity contribution in [1.82, 2.24) is 4.98 Å². The third kappa shape index (κ3) is 3.50. The van der Waals surface area contributed by atoms with Gasteiger partial charge in [-0.15, -0.1) is 0 Å². The Hall–Kier alpha value is -2.57. The predicted molar refractivity (Wildman–Crippen MR) is 70.4 cm³/mol. The summed E-state index contributed by atoms with van der Waals surface area (Å²) in [5.74, 6) is -0.971. The first-order valence-electron chi connectivity index (χ1n) is 5.91. The van der Waals surface area contributed by atoms with Crippen LogP contribution in [0.1, 0.15) is 11.1 Å². The molecule has 0 aliphatic heterocycles. The van der Waals surface area contributed by atoms with E-state index in [-0.39, 0.29) is 12.2 Å². The fourth-order valence-corrected chi connectivity index (χ4v) is 1.83. The molecular weight excluding hydrogens is 285 g/mol. The number of rotatable bonds is 3. The van der Waals surface area contributed by atoms with Gasteiger partial charge in [0, 0.05) is 17.3 Å². The molecule has 3 N–H and O–H groups in total. The lowest BCUT2D eigenvalue weighted by Crippen LogP contribution is -2.06. The smallest absolute Gasteiger partial charge is 0.416 e. The van der Waals surface area contributed by atoms with Crippen LogP contribution in [0.5, 0.6) is 0 Å². The summed E-state index contributed by atoms with van der Waals surface area (Å²) < 4.78 is 37.5. The summed E-state index contributed by atoms with van der Waals surface area (Å²) in [6, 6.07) is 6.05.